The zero-order valence-electron chi connectivity index (χ0n) is 30.0. The molecule has 0 saturated carbocycles. The van der Waals surface area contributed by atoms with Crippen molar-refractivity contribution in [1.29, 1.82) is 0 Å². The predicted molar refractivity (Wildman–Crippen MR) is 199 cm³/mol. The number of fused-ring (bicyclic) bond motifs is 2. The van der Waals surface area contributed by atoms with E-state index in [9.17, 15) is 4.79 Å². The summed E-state index contributed by atoms with van der Waals surface area (Å²) >= 11 is 0. The van der Waals surface area contributed by atoms with Crippen LogP contribution in [0.1, 0.15) is 44.7 Å². The second kappa shape index (κ2) is 16.1. The number of rotatable bonds is 15. The van der Waals surface area contributed by atoms with Crippen LogP contribution in [0.5, 0.6) is 0 Å². The Bertz CT molecular complexity index is 1770. The summed E-state index contributed by atoms with van der Waals surface area (Å²) in [6.45, 7) is 20.7. The molecule has 0 aliphatic carbocycles. The van der Waals surface area contributed by atoms with Gasteiger partial charge >= 0.3 is 0 Å². The largest absolute Gasteiger partial charge is 0.414 e. The molecule has 258 valence electrons. The average Bonchev–Trinajstić information content (AvgIpc) is 3.42. The number of nitrogens with zero attached hydrogens (tertiary/aromatic N) is 5. The van der Waals surface area contributed by atoms with Gasteiger partial charge in [-0.15, -0.1) is 5.10 Å². The number of hydrogen-bond acceptors (Lipinski definition) is 9. The molecule has 3 heterocycles. The van der Waals surface area contributed by atoms with E-state index in [1.54, 1.807) is 17.1 Å². The highest BCUT2D eigenvalue weighted by molar-refractivity contribution is 6.76. The highest BCUT2D eigenvalue weighted by Crippen LogP contribution is 2.36. The van der Waals surface area contributed by atoms with Gasteiger partial charge in [-0.25, -0.2) is 14.6 Å². The van der Waals surface area contributed by atoms with Gasteiger partial charge in [0.25, 0.3) is 0 Å². The molecule has 13 heteroatoms. The number of aromatic nitrogens is 5. The summed E-state index contributed by atoms with van der Waals surface area (Å²) in [7, 11) is -1.14. The number of nitrogens with one attached hydrogen (secondary N) is 2. The van der Waals surface area contributed by atoms with Crippen LogP contribution in [0.15, 0.2) is 36.7 Å². The van der Waals surface area contributed by atoms with Gasteiger partial charge in [0.2, 0.25) is 5.91 Å². The van der Waals surface area contributed by atoms with Gasteiger partial charge in [0.1, 0.15) is 23.9 Å². The Morgan fingerprint density at radius 1 is 0.938 bits per heavy atom. The summed E-state index contributed by atoms with van der Waals surface area (Å²) in [5.41, 5.74) is 3.18. The van der Waals surface area contributed by atoms with Crippen molar-refractivity contribution in [2.45, 2.75) is 84.2 Å². The summed E-state index contributed by atoms with van der Waals surface area (Å²) in [5.74, 6) is 7.56. The van der Waals surface area contributed by atoms with Crippen molar-refractivity contribution in [2.24, 2.45) is 0 Å². The molecule has 0 atom stereocenters. The molecule has 0 fully saturated rings. The van der Waals surface area contributed by atoms with Crippen LogP contribution in [0.2, 0.25) is 43.8 Å². The monoisotopic (exact) mass is 689 g/mol. The molecule has 1 aromatic carbocycles. The van der Waals surface area contributed by atoms with E-state index < -0.39 is 16.4 Å². The number of ether oxygens (including phenoxy) is 2. The smallest absolute Gasteiger partial charge is 0.225 e. The van der Waals surface area contributed by atoms with Gasteiger partial charge in [0.05, 0.1) is 24.3 Å². The van der Waals surface area contributed by atoms with Gasteiger partial charge in [-0.2, -0.15) is 0 Å². The first-order chi connectivity index (χ1) is 22.7. The summed E-state index contributed by atoms with van der Waals surface area (Å²) < 4.78 is 19.5. The van der Waals surface area contributed by atoms with Crippen LogP contribution in [0, 0.1) is 11.8 Å². The maximum absolute atomic E-state index is 12.7. The van der Waals surface area contributed by atoms with Gasteiger partial charge in [0.15, 0.2) is 8.32 Å². The Balaban J connectivity index is 1.39. The molecule has 3 aromatic heterocycles. The average molecular weight is 690 g/mol. The predicted octanol–water partition coefficient (Wildman–Crippen LogP) is 6.89. The second-order valence-corrected chi connectivity index (χ2v) is 25.1. The third kappa shape index (κ3) is 10.4. The quantitative estimate of drug-likeness (QED) is 0.0780. The van der Waals surface area contributed by atoms with Gasteiger partial charge in [0, 0.05) is 63.5 Å². The van der Waals surface area contributed by atoms with Crippen molar-refractivity contribution in [3.05, 3.63) is 47.8 Å². The number of benzene rings is 1. The summed E-state index contributed by atoms with van der Waals surface area (Å²) in [5, 5.41) is 16.4. The van der Waals surface area contributed by atoms with Crippen LogP contribution in [-0.2, 0) is 25.4 Å². The Hall–Kier alpha value is -3.68. The lowest BCUT2D eigenvalue weighted by atomic mass is 10.1. The van der Waals surface area contributed by atoms with Gasteiger partial charge in [-0.05, 0) is 54.9 Å². The van der Waals surface area contributed by atoms with E-state index in [0.29, 0.717) is 57.6 Å². The molecule has 0 saturated heterocycles. The van der Waals surface area contributed by atoms with E-state index in [4.69, 9.17) is 13.9 Å². The molecule has 1 amide bonds. The molecule has 2 N–H and O–H groups in total. The molecule has 11 nitrogen and oxygen atoms in total. The lowest BCUT2D eigenvalue weighted by molar-refractivity contribution is -0.116. The highest BCUT2D eigenvalue weighted by atomic mass is 28.4. The number of hydrogen-bond donors (Lipinski definition) is 2. The number of anilines is 2. The van der Waals surface area contributed by atoms with E-state index in [-0.39, 0.29) is 10.9 Å². The standard InChI is InChI=1S/C35H51N7O4Si2/c1-35(2,3)48(8,9)46-18-17-44-16-10-11-33(43)39-32-22-28-27(23-38-34(36-4)29(28)24-37-32)14-12-26-13-15-30-31(21-26)42(41-40-30)25-45-19-20-47(5,6)7/h13,15,21-24H,10-11,16-20,25H2,1-9H3,(H,36,38)(H,37,39,43). The van der Waals surface area contributed by atoms with E-state index in [1.807, 2.05) is 31.3 Å². The minimum atomic E-state index is -1.78. The molecule has 0 bridgehead atoms. The van der Waals surface area contributed by atoms with Crippen molar-refractivity contribution in [3.8, 4) is 11.8 Å². The molecular weight excluding hydrogens is 639 g/mol. The first-order valence-electron chi connectivity index (χ1n) is 16.6. The molecule has 0 spiro atoms. The number of pyridine rings is 2. The minimum absolute atomic E-state index is 0.124. The molecule has 4 rings (SSSR count). The lowest BCUT2D eigenvalue weighted by Crippen LogP contribution is -2.41. The van der Waals surface area contributed by atoms with Crippen molar-refractivity contribution in [2.75, 3.05) is 44.1 Å². The summed E-state index contributed by atoms with van der Waals surface area (Å²) in [6, 6.07) is 8.75. The topological polar surface area (TPSA) is 125 Å². The Morgan fingerprint density at radius 2 is 1.73 bits per heavy atom. The number of amides is 1. The Kier molecular flexibility index (Phi) is 12.5. The Morgan fingerprint density at radius 3 is 2.46 bits per heavy atom. The molecule has 0 aliphatic rings. The Labute approximate surface area is 286 Å². The van der Waals surface area contributed by atoms with Gasteiger partial charge < -0.3 is 24.5 Å². The molecule has 48 heavy (non-hydrogen) atoms. The molecule has 4 aromatic rings. The SMILES string of the molecule is CNc1ncc(C#Cc2ccc3nnn(COCC[Si](C)(C)C)c3c2)c2cc(NC(=O)CCCOCCO[Si](C)(C)C(C)(C)C)ncc12. The number of carbonyl (C=O) groups is 1. The molecular formula is C35H51N7O4Si2. The third-order valence-corrected chi connectivity index (χ3v) is 14.8. The van der Waals surface area contributed by atoms with Crippen molar-refractivity contribution in [1.82, 2.24) is 25.0 Å². The molecule has 0 radical (unpaired) electrons. The summed E-state index contributed by atoms with van der Waals surface area (Å²) in [4.78, 5) is 21.8. The fourth-order valence-corrected chi connectivity index (χ4v) is 6.31. The van der Waals surface area contributed by atoms with Crippen molar-refractivity contribution >= 4 is 55.7 Å². The minimum Gasteiger partial charge on any atom is -0.414 e. The van der Waals surface area contributed by atoms with Crippen LogP contribution in [0.25, 0.3) is 21.8 Å². The first-order valence-corrected chi connectivity index (χ1v) is 23.2. The van der Waals surface area contributed by atoms with Gasteiger partial charge in [-0.1, -0.05) is 57.5 Å². The number of carbonyl (C=O) groups excluding carboxylic acids is 1. The normalized spacial score (nSPS) is 12.3. The maximum Gasteiger partial charge on any atom is 0.225 e. The van der Waals surface area contributed by atoms with Crippen molar-refractivity contribution in [3.63, 3.8) is 0 Å². The van der Waals surface area contributed by atoms with E-state index in [0.717, 1.165) is 39.0 Å². The maximum atomic E-state index is 12.7. The fourth-order valence-electron chi connectivity index (χ4n) is 4.52. The second-order valence-electron chi connectivity index (χ2n) is 14.6. The van der Waals surface area contributed by atoms with Crippen LogP contribution in [0.4, 0.5) is 11.6 Å². The van der Waals surface area contributed by atoms with E-state index >= 15 is 0 Å². The highest BCUT2D eigenvalue weighted by Gasteiger charge is 2.36. The van der Waals surface area contributed by atoms with Crippen LogP contribution in [-0.4, -0.2) is 80.7 Å². The van der Waals surface area contributed by atoms with Crippen LogP contribution >= 0.6 is 0 Å². The van der Waals surface area contributed by atoms with E-state index in [2.05, 4.69) is 96.3 Å². The van der Waals surface area contributed by atoms with Crippen LogP contribution < -0.4 is 10.6 Å². The zero-order chi connectivity index (χ0) is 35.0. The van der Waals surface area contributed by atoms with Crippen molar-refractivity contribution < 1.29 is 18.7 Å². The van der Waals surface area contributed by atoms with Crippen LogP contribution in [0.3, 0.4) is 0 Å². The lowest BCUT2D eigenvalue weighted by Gasteiger charge is -2.36. The molecule has 0 unspecified atom stereocenters. The third-order valence-electron chi connectivity index (χ3n) is 8.53. The first kappa shape index (κ1) is 37.1. The van der Waals surface area contributed by atoms with E-state index in [1.165, 1.54) is 0 Å². The summed E-state index contributed by atoms with van der Waals surface area (Å²) in [6.07, 6.45) is 4.37. The van der Waals surface area contributed by atoms with Gasteiger partial charge in [-0.3, -0.25) is 4.79 Å². The molecule has 0 aliphatic heterocycles. The fraction of sp³-hybridized carbons (Fsp3) is 0.514. The zero-order valence-corrected chi connectivity index (χ0v) is 32.0.